The first-order chi connectivity index (χ1) is 9.42. The summed E-state index contributed by atoms with van der Waals surface area (Å²) in [5.74, 6) is -1.71. The number of ether oxygens (including phenoxy) is 1. The standard InChI is InChI=1S/C12H13NO7/c1-20-10-5-9(13(18)19)7(3-2-4-11(15)16)8(6-14)12(10)17/h5-6,17H,2-4H2,1H3,(H,15,16). The fraction of sp³-hybridized carbons (Fsp3) is 0.333. The summed E-state index contributed by atoms with van der Waals surface area (Å²) in [6.07, 6.45) is 0.209. The van der Waals surface area contributed by atoms with Crippen LogP contribution in [0.1, 0.15) is 28.8 Å². The number of rotatable bonds is 7. The van der Waals surface area contributed by atoms with Crippen LogP contribution in [0.5, 0.6) is 11.5 Å². The van der Waals surface area contributed by atoms with Gasteiger partial charge in [0.25, 0.3) is 5.69 Å². The van der Waals surface area contributed by atoms with Gasteiger partial charge in [-0.05, 0) is 12.8 Å². The molecule has 0 aliphatic rings. The van der Waals surface area contributed by atoms with E-state index < -0.39 is 16.6 Å². The lowest BCUT2D eigenvalue weighted by Gasteiger charge is -2.11. The van der Waals surface area contributed by atoms with Crippen molar-refractivity contribution in [2.45, 2.75) is 19.3 Å². The van der Waals surface area contributed by atoms with E-state index in [2.05, 4.69) is 0 Å². The maximum Gasteiger partial charge on any atom is 0.303 e. The molecule has 0 spiro atoms. The van der Waals surface area contributed by atoms with Gasteiger partial charge in [0.05, 0.1) is 23.7 Å². The number of carbonyl (C=O) groups is 2. The summed E-state index contributed by atoms with van der Waals surface area (Å²) >= 11 is 0. The molecule has 2 N–H and O–H groups in total. The lowest BCUT2D eigenvalue weighted by Crippen LogP contribution is -2.04. The molecule has 0 fully saturated rings. The molecule has 1 aromatic carbocycles. The molecule has 0 atom stereocenters. The van der Waals surface area contributed by atoms with Crippen molar-refractivity contribution < 1.29 is 29.5 Å². The van der Waals surface area contributed by atoms with Gasteiger partial charge in [-0.15, -0.1) is 0 Å². The molecule has 0 radical (unpaired) electrons. The highest BCUT2D eigenvalue weighted by molar-refractivity contribution is 5.86. The molecule has 20 heavy (non-hydrogen) atoms. The Kier molecular flexibility index (Phi) is 5.01. The van der Waals surface area contributed by atoms with Gasteiger partial charge in [-0.25, -0.2) is 0 Å². The van der Waals surface area contributed by atoms with Crippen LogP contribution in [-0.4, -0.2) is 34.5 Å². The Morgan fingerprint density at radius 2 is 2.20 bits per heavy atom. The zero-order valence-electron chi connectivity index (χ0n) is 10.7. The second-order valence-corrected chi connectivity index (χ2v) is 3.96. The van der Waals surface area contributed by atoms with E-state index in [0.717, 1.165) is 6.07 Å². The molecule has 0 amide bonds. The molecule has 0 aliphatic carbocycles. The summed E-state index contributed by atoms with van der Waals surface area (Å²) in [7, 11) is 1.21. The largest absolute Gasteiger partial charge is 0.504 e. The summed E-state index contributed by atoms with van der Waals surface area (Å²) in [4.78, 5) is 31.8. The lowest BCUT2D eigenvalue weighted by atomic mass is 9.99. The first kappa shape index (κ1) is 15.4. The number of aldehydes is 1. The predicted octanol–water partition coefficient (Wildman–Crippen LogP) is 1.53. The highest BCUT2D eigenvalue weighted by atomic mass is 16.6. The molecule has 0 aromatic heterocycles. The summed E-state index contributed by atoms with van der Waals surface area (Å²) < 4.78 is 4.77. The van der Waals surface area contributed by atoms with Crippen molar-refractivity contribution >= 4 is 17.9 Å². The van der Waals surface area contributed by atoms with Crippen molar-refractivity contribution in [3.05, 3.63) is 27.3 Å². The molecule has 0 unspecified atom stereocenters. The van der Waals surface area contributed by atoms with Crippen LogP contribution in [0.3, 0.4) is 0 Å². The highest BCUT2D eigenvalue weighted by Gasteiger charge is 2.24. The van der Waals surface area contributed by atoms with Crippen LogP contribution in [0.2, 0.25) is 0 Å². The number of carboxylic acids is 1. The Balaban J connectivity index is 3.30. The Labute approximate surface area is 113 Å². The minimum Gasteiger partial charge on any atom is -0.504 e. The number of methoxy groups -OCH3 is 1. The zero-order valence-corrected chi connectivity index (χ0v) is 10.7. The van der Waals surface area contributed by atoms with Crippen LogP contribution >= 0.6 is 0 Å². The summed E-state index contributed by atoms with van der Waals surface area (Å²) in [6, 6.07) is 1.01. The van der Waals surface area contributed by atoms with Crippen molar-refractivity contribution in [2.24, 2.45) is 0 Å². The summed E-state index contributed by atoms with van der Waals surface area (Å²) in [5, 5.41) is 29.4. The Bertz CT molecular complexity index is 553. The number of aliphatic carboxylic acids is 1. The van der Waals surface area contributed by atoms with E-state index in [-0.39, 0.29) is 41.8 Å². The lowest BCUT2D eigenvalue weighted by molar-refractivity contribution is -0.385. The molecule has 108 valence electrons. The van der Waals surface area contributed by atoms with Crippen molar-refractivity contribution in [3.8, 4) is 11.5 Å². The van der Waals surface area contributed by atoms with E-state index in [1.54, 1.807) is 0 Å². The van der Waals surface area contributed by atoms with Crippen molar-refractivity contribution in [1.82, 2.24) is 0 Å². The van der Waals surface area contributed by atoms with Crippen LogP contribution in [0.25, 0.3) is 0 Å². The molecule has 8 nitrogen and oxygen atoms in total. The van der Waals surface area contributed by atoms with E-state index in [9.17, 15) is 24.8 Å². The smallest absolute Gasteiger partial charge is 0.303 e. The number of hydrogen-bond acceptors (Lipinski definition) is 6. The van der Waals surface area contributed by atoms with Crippen molar-refractivity contribution in [3.63, 3.8) is 0 Å². The van der Waals surface area contributed by atoms with E-state index in [1.165, 1.54) is 7.11 Å². The molecule has 0 saturated carbocycles. The monoisotopic (exact) mass is 283 g/mol. The molecule has 1 rings (SSSR count). The first-order valence-electron chi connectivity index (χ1n) is 5.66. The molecule has 0 saturated heterocycles. The van der Waals surface area contributed by atoms with Crippen LogP contribution in [0, 0.1) is 10.1 Å². The third kappa shape index (κ3) is 3.22. The number of phenols is 1. The number of nitro groups is 1. The quantitative estimate of drug-likeness (QED) is 0.441. The second kappa shape index (κ2) is 6.50. The Morgan fingerprint density at radius 3 is 2.65 bits per heavy atom. The first-order valence-corrected chi connectivity index (χ1v) is 5.66. The summed E-state index contributed by atoms with van der Waals surface area (Å²) in [6.45, 7) is 0. The fourth-order valence-electron chi connectivity index (χ4n) is 1.82. The SMILES string of the molecule is COc1cc([N+](=O)[O-])c(CCCC(=O)O)c(C=O)c1O. The number of carboxylic acid groups (broad SMARTS) is 1. The van der Waals surface area contributed by atoms with Crippen molar-refractivity contribution in [2.75, 3.05) is 7.11 Å². The third-order valence-electron chi connectivity index (χ3n) is 2.74. The van der Waals surface area contributed by atoms with Gasteiger partial charge in [-0.2, -0.15) is 0 Å². The van der Waals surface area contributed by atoms with Crippen LogP contribution in [0.4, 0.5) is 5.69 Å². The predicted molar refractivity (Wildman–Crippen MR) is 67.3 cm³/mol. The van der Waals surface area contributed by atoms with Crippen LogP contribution in [0.15, 0.2) is 6.07 Å². The minimum atomic E-state index is -1.04. The van der Waals surface area contributed by atoms with Gasteiger partial charge in [0, 0.05) is 12.0 Å². The van der Waals surface area contributed by atoms with Gasteiger partial charge in [0.2, 0.25) is 0 Å². The molecule has 0 bridgehead atoms. The van der Waals surface area contributed by atoms with Crippen LogP contribution in [-0.2, 0) is 11.2 Å². The van der Waals surface area contributed by atoms with E-state index in [1.807, 2.05) is 0 Å². The van der Waals surface area contributed by atoms with Gasteiger partial charge >= 0.3 is 5.97 Å². The van der Waals surface area contributed by atoms with Gasteiger partial charge < -0.3 is 14.9 Å². The molecule has 1 aromatic rings. The van der Waals surface area contributed by atoms with Crippen LogP contribution < -0.4 is 4.74 Å². The number of benzene rings is 1. The van der Waals surface area contributed by atoms with Gasteiger partial charge in [0.15, 0.2) is 17.8 Å². The maximum atomic E-state index is 11.0. The number of hydrogen-bond donors (Lipinski definition) is 2. The maximum absolute atomic E-state index is 11.0. The molecular weight excluding hydrogens is 270 g/mol. The average Bonchev–Trinajstić information content (AvgIpc) is 2.38. The second-order valence-electron chi connectivity index (χ2n) is 3.96. The molecule has 0 heterocycles. The van der Waals surface area contributed by atoms with E-state index in [0.29, 0.717) is 6.29 Å². The third-order valence-corrected chi connectivity index (χ3v) is 2.74. The number of aromatic hydroxyl groups is 1. The number of nitro benzene ring substituents is 1. The summed E-state index contributed by atoms with van der Waals surface area (Å²) in [5.41, 5.74) is -0.627. The van der Waals surface area contributed by atoms with Gasteiger partial charge in [0.1, 0.15) is 0 Å². The number of nitrogens with zero attached hydrogens (tertiary/aromatic N) is 1. The topological polar surface area (TPSA) is 127 Å². The van der Waals surface area contributed by atoms with Crippen molar-refractivity contribution in [1.29, 1.82) is 0 Å². The zero-order chi connectivity index (χ0) is 15.3. The Morgan fingerprint density at radius 1 is 1.55 bits per heavy atom. The minimum absolute atomic E-state index is 0.00421. The normalized spacial score (nSPS) is 10.1. The molecular formula is C12H13NO7. The van der Waals surface area contributed by atoms with E-state index in [4.69, 9.17) is 9.84 Å². The molecule has 0 aliphatic heterocycles. The number of phenolic OH excluding ortho intramolecular Hbond substituents is 1. The molecule has 8 heteroatoms. The van der Waals surface area contributed by atoms with Gasteiger partial charge in [-0.3, -0.25) is 19.7 Å². The Hall–Kier alpha value is -2.64. The van der Waals surface area contributed by atoms with E-state index >= 15 is 0 Å². The van der Waals surface area contributed by atoms with Gasteiger partial charge in [-0.1, -0.05) is 0 Å². The number of carbonyl (C=O) groups excluding carboxylic acids is 1. The fourth-order valence-corrected chi connectivity index (χ4v) is 1.82. The highest BCUT2D eigenvalue weighted by Crippen LogP contribution is 2.38. The average molecular weight is 283 g/mol.